The lowest BCUT2D eigenvalue weighted by Crippen LogP contribution is -2.31. The van der Waals surface area contributed by atoms with E-state index in [0.717, 1.165) is 0 Å². The van der Waals surface area contributed by atoms with Crippen LogP contribution in [0.15, 0.2) is 10.1 Å². The summed E-state index contributed by atoms with van der Waals surface area (Å²) >= 11 is 0. The maximum absolute atomic E-state index is 11.2. The minimum absolute atomic E-state index is 0.0424. The lowest BCUT2D eigenvalue weighted by atomic mass is 10.2. The lowest BCUT2D eigenvalue weighted by Gasteiger charge is -2.01. The Kier molecular flexibility index (Phi) is 7.38. The smallest absolute Gasteiger partial charge is 0.273 e. The summed E-state index contributed by atoms with van der Waals surface area (Å²) in [5, 5.41) is 12.2. The second kappa shape index (κ2) is 8.71. The third-order valence-corrected chi connectivity index (χ3v) is 1.44. The van der Waals surface area contributed by atoms with Crippen molar-refractivity contribution in [2.75, 3.05) is 0 Å². The first-order chi connectivity index (χ1) is 8.11. The molecule has 0 bridgehead atoms. The Bertz CT molecular complexity index is 362. The predicted molar refractivity (Wildman–Crippen MR) is 60.5 cm³/mol. The summed E-state index contributed by atoms with van der Waals surface area (Å²) in [7, 11) is 0. The summed E-state index contributed by atoms with van der Waals surface area (Å²) in [6.45, 7) is 0. The number of nitrogens with one attached hydrogen (secondary N) is 3. The third kappa shape index (κ3) is 7.36. The highest BCUT2D eigenvalue weighted by molar-refractivity contribution is 6.40. The molecule has 0 aromatic heterocycles. The van der Waals surface area contributed by atoms with Crippen LogP contribution in [0.25, 0.3) is 0 Å². The van der Waals surface area contributed by atoms with Crippen molar-refractivity contribution in [3.05, 3.63) is 0 Å². The number of aliphatic imine (C=N–C) groups is 1. The lowest BCUT2D eigenvalue weighted by molar-refractivity contribution is -0.120. The van der Waals surface area contributed by atoms with Crippen LogP contribution in [0, 0.1) is 5.41 Å². The molecule has 0 spiro atoms. The van der Waals surface area contributed by atoms with Gasteiger partial charge in [-0.15, -0.1) is 0 Å². The fourth-order valence-corrected chi connectivity index (χ4v) is 0.825. The van der Waals surface area contributed by atoms with Crippen molar-refractivity contribution >= 4 is 36.6 Å². The van der Waals surface area contributed by atoms with Gasteiger partial charge in [0.15, 0.2) is 0 Å². The van der Waals surface area contributed by atoms with E-state index in [-0.39, 0.29) is 37.3 Å². The number of hydrogen-bond acceptors (Lipinski definition) is 5. The largest absolute Gasteiger partial charge is 0.368 e. The van der Waals surface area contributed by atoms with E-state index in [9.17, 15) is 14.4 Å². The van der Waals surface area contributed by atoms with Crippen molar-refractivity contribution < 1.29 is 14.4 Å². The summed E-state index contributed by atoms with van der Waals surface area (Å²) in [6.07, 6.45) is 2.25. The van der Waals surface area contributed by atoms with Gasteiger partial charge in [0.25, 0.3) is 5.91 Å². The van der Waals surface area contributed by atoms with Crippen molar-refractivity contribution in [3.63, 3.8) is 0 Å². The van der Waals surface area contributed by atoms with Gasteiger partial charge in [-0.2, -0.15) is 5.10 Å². The standard InChI is InChI=1S/C8H12N6O3/c9-8(10)11-3-1-2-6(14-13-5-16)7(17)12-4-15/h3-5H,1-2H2,(H3,9,10)(H,13,16)(H,12,15,17). The topological polar surface area (TPSA) is 150 Å². The van der Waals surface area contributed by atoms with Crippen LogP contribution in [0.1, 0.15) is 12.8 Å². The Hall–Kier alpha value is -2.58. The second-order valence-electron chi connectivity index (χ2n) is 2.63. The number of amides is 3. The first-order valence-corrected chi connectivity index (χ1v) is 4.48. The molecule has 0 saturated carbocycles. The Morgan fingerprint density at radius 1 is 1.35 bits per heavy atom. The molecule has 0 unspecified atom stereocenters. The first-order valence-electron chi connectivity index (χ1n) is 4.48. The van der Waals surface area contributed by atoms with Gasteiger partial charge in [-0.3, -0.25) is 25.1 Å². The third-order valence-electron chi connectivity index (χ3n) is 1.44. The van der Waals surface area contributed by atoms with Gasteiger partial charge in [-0.1, -0.05) is 0 Å². The molecular formula is C8H12N6O3. The van der Waals surface area contributed by atoms with E-state index in [1.165, 1.54) is 6.21 Å². The van der Waals surface area contributed by atoms with Crippen LogP contribution in [0.4, 0.5) is 0 Å². The molecule has 0 aliphatic carbocycles. The summed E-state index contributed by atoms with van der Waals surface area (Å²) in [6, 6.07) is 0. The quantitative estimate of drug-likeness (QED) is 0.178. The molecule has 3 amide bonds. The van der Waals surface area contributed by atoms with Gasteiger partial charge >= 0.3 is 0 Å². The van der Waals surface area contributed by atoms with Crippen LogP contribution < -0.4 is 16.5 Å². The maximum atomic E-state index is 11.2. The van der Waals surface area contributed by atoms with Crippen LogP contribution in [0.3, 0.4) is 0 Å². The maximum Gasteiger partial charge on any atom is 0.273 e. The highest BCUT2D eigenvalue weighted by Crippen LogP contribution is 1.91. The molecule has 5 N–H and O–H groups in total. The second-order valence-corrected chi connectivity index (χ2v) is 2.63. The highest BCUT2D eigenvalue weighted by Gasteiger charge is 2.09. The number of hydrazone groups is 1. The van der Waals surface area contributed by atoms with Gasteiger partial charge in [0, 0.05) is 12.6 Å². The van der Waals surface area contributed by atoms with Crippen LogP contribution in [-0.2, 0) is 14.4 Å². The van der Waals surface area contributed by atoms with E-state index < -0.39 is 5.91 Å². The first kappa shape index (κ1) is 14.4. The molecule has 0 aromatic carbocycles. The number of carbonyl (C=O) groups excluding carboxylic acids is 3. The molecule has 0 aliphatic rings. The summed E-state index contributed by atoms with van der Waals surface area (Å²) < 4.78 is 0. The van der Waals surface area contributed by atoms with E-state index in [1.54, 1.807) is 0 Å². The molecule has 0 radical (unpaired) electrons. The van der Waals surface area contributed by atoms with Crippen molar-refractivity contribution in [2.24, 2.45) is 15.8 Å². The Morgan fingerprint density at radius 2 is 2.06 bits per heavy atom. The van der Waals surface area contributed by atoms with E-state index >= 15 is 0 Å². The Balaban J connectivity index is 4.39. The van der Waals surface area contributed by atoms with Crippen LogP contribution >= 0.6 is 0 Å². The minimum atomic E-state index is -0.717. The fourth-order valence-electron chi connectivity index (χ4n) is 0.825. The molecule has 92 valence electrons. The van der Waals surface area contributed by atoms with Gasteiger partial charge in [-0.05, 0) is 6.42 Å². The van der Waals surface area contributed by atoms with E-state index in [1.807, 2.05) is 10.7 Å². The van der Waals surface area contributed by atoms with Crippen LogP contribution in [-0.4, -0.2) is 36.6 Å². The van der Waals surface area contributed by atoms with Gasteiger partial charge in [0.2, 0.25) is 18.8 Å². The fraction of sp³-hybridized carbons (Fsp3) is 0.250. The van der Waals surface area contributed by atoms with E-state index in [0.29, 0.717) is 0 Å². The molecule has 0 saturated heterocycles. The molecule has 0 atom stereocenters. The Labute approximate surface area is 96.7 Å². The summed E-state index contributed by atoms with van der Waals surface area (Å²) in [5.41, 5.74) is 6.88. The number of hydrogen-bond donors (Lipinski definition) is 4. The zero-order chi connectivity index (χ0) is 13.1. The molecular weight excluding hydrogens is 228 g/mol. The average molecular weight is 240 g/mol. The monoisotopic (exact) mass is 240 g/mol. The van der Waals surface area contributed by atoms with Gasteiger partial charge in [0.1, 0.15) is 5.71 Å². The molecule has 0 heterocycles. The molecule has 0 rings (SSSR count). The number of nitrogens with two attached hydrogens (primary N) is 1. The summed E-state index contributed by atoms with van der Waals surface area (Å²) in [4.78, 5) is 34.8. The zero-order valence-corrected chi connectivity index (χ0v) is 8.84. The van der Waals surface area contributed by atoms with Crippen molar-refractivity contribution in [3.8, 4) is 0 Å². The zero-order valence-electron chi connectivity index (χ0n) is 8.84. The normalized spacial score (nSPS) is 10.9. The van der Waals surface area contributed by atoms with E-state index in [4.69, 9.17) is 11.1 Å². The van der Waals surface area contributed by atoms with E-state index in [2.05, 4.69) is 10.1 Å². The van der Waals surface area contributed by atoms with Crippen molar-refractivity contribution in [1.29, 1.82) is 5.41 Å². The van der Waals surface area contributed by atoms with Gasteiger partial charge in [0.05, 0.1) is 0 Å². The van der Waals surface area contributed by atoms with Crippen molar-refractivity contribution in [1.82, 2.24) is 10.7 Å². The number of rotatable bonds is 7. The number of guanidine groups is 1. The van der Waals surface area contributed by atoms with Crippen molar-refractivity contribution in [2.45, 2.75) is 12.8 Å². The van der Waals surface area contributed by atoms with Crippen LogP contribution in [0.5, 0.6) is 0 Å². The van der Waals surface area contributed by atoms with Crippen LogP contribution in [0.2, 0.25) is 0 Å². The average Bonchev–Trinajstić information content (AvgIpc) is 2.28. The van der Waals surface area contributed by atoms with Gasteiger partial charge < -0.3 is 5.73 Å². The predicted octanol–water partition coefficient (Wildman–Crippen LogP) is -1.89. The highest BCUT2D eigenvalue weighted by atomic mass is 16.2. The molecule has 17 heavy (non-hydrogen) atoms. The molecule has 9 nitrogen and oxygen atoms in total. The summed E-state index contributed by atoms with van der Waals surface area (Å²) in [5.74, 6) is -1.07. The minimum Gasteiger partial charge on any atom is -0.368 e. The Morgan fingerprint density at radius 3 is 2.59 bits per heavy atom. The molecule has 9 heteroatoms. The molecule has 0 fully saturated rings. The number of nitrogens with zero attached hydrogens (tertiary/aromatic N) is 2. The molecule has 0 aromatic rings. The number of imide groups is 1. The molecule has 0 aliphatic heterocycles. The number of carbonyl (C=O) groups is 3. The SMILES string of the molecule is N=C(N)N=CCCC(=NNC=O)C(=O)NC=O. The van der Waals surface area contributed by atoms with Gasteiger partial charge in [-0.25, -0.2) is 10.4 Å².